The van der Waals surface area contributed by atoms with Gasteiger partial charge in [-0.15, -0.1) is 11.3 Å². The molecule has 0 aromatic carbocycles. The molecule has 1 N–H and O–H groups in total. The van der Waals surface area contributed by atoms with E-state index in [0.717, 1.165) is 0 Å². The highest BCUT2D eigenvalue weighted by atomic mass is 32.1. The van der Waals surface area contributed by atoms with E-state index in [2.05, 4.69) is 15.3 Å². The Morgan fingerprint density at radius 3 is 2.16 bits per heavy atom. The van der Waals surface area contributed by atoms with Gasteiger partial charge in [0.25, 0.3) is 11.9 Å². The molecule has 0 saturated heterocycles. The van der Waals surface area contributed by atoms with Gasteiger partial charge in [-0.2, -0.15) is 22.5 Å². The standard InChI is InChI=1S/C11H9F4N3S/c1-11(2,10-16-3-4-19-10)18-7-5(12)8(14)17-9(15)6(7)13/h3-4H,1-2H3,(H,17,18). The van der Waals surface area contributed by atoms with Gasteiger partial charge in [-0.3, -0.25) is 0 Å². The monoisotopic (exact) mass is 291 g/mol. The number of halogens is 4. The van der Waals surface area contributed by atoms with Gasteiger partial charge in [0, 0.05) is 11.6 Å². The van der Waals surface area contributed by atoms with Crippen molar-refractivity contribution in [1.29, 1.82) is 0 Å². The minimum atomic E-state index is -1.70. The fourth-order valence-corrected chi connectivity index (χ4v) is 2.21. The van der Waals surface area contributed by atoms with Crippen LogP contribution < -0.4 is 5.32 Å². The molecule has 0 aliphatic rings. The number of rotatable bonds is 3. The predicted molar refractivity (Wildman–Crippen MR) is 62.8 cm³/mol. The summed E-state index contributed by atoms with van der Waals surface area (Å²) < 4.78 is 53.0. The Bertz CT molecular complexity index is 572. The Morgan fingerprint density at radius 1 is 1.11 bits per heavy atom. The van der Waals surface area contributed by atoms with Crippen LogP contribution in [0.25, 0.3) is 0 Å². The first-order chi connectivity index (χ1) is 8.83. The Kier molecular flexibility index (Phi) is 3.44. The second kappa shape index (κ2) is 4.76. The van der Waals surface area contributed by atoms with E-state index in [0.29, 0.717) is 5.01 Å². The molecule has 3 nitrogen and oxygen atoms in total. The van der Waals surface area contributed by atoms with Crippen LogP contribution >= 0.6 is 11.3 Å². The van der Waals surface area contributed by atoms with Crippen LogP contribution in [0.2, 0.25) is 0 Å². The first-order valence-electron chi connectivity index (χ1n) is 5.21. The summed E-state index contributed by atoms with van der Waals surface area (Å²) in [5.41, 5.74) is -1.89. The normalized spacial score (nSPS) is 11.7. The lowest BCUT2D eigenvalue weighted by Crippen LogP contribution is -2.29. The topological polar surface area (TPSA) is 37.8 Å². The minimum Gasteiger partial charge on any atom is -0.369 e. The van der Waals surface area contributed by atoms with E-state index in [4.69, 9.17) is 0 Å². The van der Waals surface area contributed by atoms with Gasteiger partial charge in [-0.1, -0.05) is 0 Å². The molecule has 19 heavy (non-hydrogen) atoms. The summed E-state index contributed by atoms with van der Waals surface area (Å²) in [5.74, 6) is -6.53. The molecule has 2 aromatic rings. The molecular formula is C11H9F4N3S. The molecule has 0 spiro atoms. The SMILES string of the molecule is CC(C)(Nc1c(F)c(F)nc(F)c1F)c1nccs1. The number of hydrogen-bond donors (Lipinski definition) is 1. The van der Waals surface area contributed by atoms with Crippen molar-refractivity contribution in [3.63, 3.8) is 0 Å². The fraction of sp³-hybridized carbons (Fsp3) is 0.273. The Balaban J connectivity index is 2.44. The molecule has 0 fully saturated rings. The summed E-state index contributed by atoms with van der Waals surface area (Å²) in [7, 11) is 0. The number of nitrogens with one attached hydrogen (secondary N) is 1. The molecule has 0 bridgehead atoms. The van der Waals surface area contributed by atoms with Crippen LogP contribution in [0, 0.1) is 23.5 Å². The third-order valence-electron chi connectivity index (χ3n) is 2.40. The van der Waals surface area contributed by atoms with Crippen LogP contribution in [0.4, 0.5) is 23.2 Å². The second-order valence-electron chi connectivity index (χ2n) is 4.28. The second-order valence-corrected chi connectivity index (χ2v) is 5.18. The van der Waals surface area contributed by atoms with Crippen molar-refractivity contribution >= 4 is 17.0 Å². The Hall–Kier alpha value is -1.70. The van der Waals surface area contributed by atoms with Gasteiger partial charge < -0.3 is 5.32 Å². The summed E-state index contributed by atoms with van der Waals surface area (Å²) in [6.45, 7) is 3.17. The zero-order valence-electron chi connectivity index (χ0n) is 9.97. The predicted octanol–water partition coefficient (Wildman–Crippen LogP) is 3.44. The zero-order chi connectivity index (χ0) is 14.2. The van der Waals surface area contributed by atoms with Crippen molar-refractivity contribution in [3.05, 3.63) is 40.1 Å². The number of aromatic nitrogens is 2. The fourth-order valence-electron chi connectivity index (χ4n) is 1.49. The van der Waals surface area contributed by atoms with E-state index < -0.39 is 34.8 Å². The summed E-state index contributed by atoms with van der Waals surface area (Å²) in [6, 6.07) is 0. The van der Waals surface area contributed by atoms with Crippen molar-refractivity contribution in [2.24, 2.45) is 0 Å². The lowest BCUT2D eigenvalue weighted by atomic mass is 10.1. The molecule has 0 unspecified atom stereocenters. The summed E-state index contributed by atoms with van der Waals surface area (Å²) >= 11 is 1.25. The van der Waals surface area contributed by atoms with Gasteiger partial charge in [0.2, 0.25) is 11.6 Å². The molecule has 0 radical (unpaired) electrons. The van der Waals surface area contributed by atoms with Crippen LogP contribution in [0.3, 0.4) is 0 Å². The molecule has 8 heteroatoms. The minimum absolute atomic E-state index is 0.518. The van der Waals surface area contributed by atoms with Crippen LogP contribution in [0.5, 0.6) is 0 Å². The quantitative estimate of drug-likeness (QED) is 0.695. The number of hydrogen-bond acceptors (Lipinski definition) is 4. The summed E-state index contributed by atoms with van der Waals surface area (Å²) in [6.07, 6.45) is 1.52. The average molecular weight is 291 g/mol. The first-order valence-corrected chi connectivity index (χ1v) is 6.09. The third-order valence-corrected chi connectivity index (χ3v) is 3.50. The van der Waals surface area contributed by atoms with Crippen molar-refractivity contribution in [2.75, 3.05) is 5.32 Å². The summed E-state index contributed by atoms with van der Waals surface area (Å²) in [4.78, 5) is 6.49. The molecule has 0 saturated carbocycles. The maximum atomic E-state index is 13.5. The Labute approximate surface area is 110 Å². The Morgan fingerprint density at radius 2 is 1.68 bits per heavy atom. The van der Waals surface area contributed by atoms with Gasteiger partial charge in [-0.25, -0.2) is 4.98 Å². The van der Waals surface area contributed by atoms with E-state index >= 15 is 0 Å². The maximum absolute atomic E-state index is 13.5. The van der Waals surface area contributed by atoms with E-state index in [9.17, 15) is 17.6 Å². The average Bonchev–Trinajstić information content (AvgIpc) is 2.87. The van der Waals surface area contributed by atoms with Gasteiger partial charge in [0.15, 0.2) is 0 Å². The van der Waals surface area contributed by atoms with E-state index in [-0.39, 0.29) is 0 Å². The molecule has 2 aromatic heterocycles. The lowest BCUT2D eigenvalue weighted by molar-refractivity contribution is 0.407. The highest BCUT2D eigenvalue weighted by molar-refractivity contribution is 7.09. The first kappa shape index (κ1) is 13.7. The largest absolute Gasteiger partial charge is 0.369 e. The van der Waals surface area contributed by atoms with Crippen molar-refractivity contribution in [3.8, 4) is 0 Å². The molecule has 0 aliphatic heterocycles. The maximum Gasteiger partial charge on any atom is 0.253 e. The molecule has 0 atom stereocenters. The van der Waals surface area contributed by atoms with Gasteiger partial charge in [0.1, 0.15) is 10.7 Å². The number of nitrogens with zero attached hydrogens (tertiary/aromatic N) is 2. The smallest absolute Gasteiger partial charge is 0.253 e. The van der Waals surface area contributed by atoms with E-state index in [1.54, 1.807) is 19.2 Å². The number of anilines is 1. The molecule has 2 rings (SSSR count). The van der Waals surface area contributed by atoms with Crippen molar-refractivity contribution in [1.82, 2.24) is 9.97 Å². The number of thiazole rings is 1. The molecule has 102 valence electrons. The van der Waals surface area contributed by atoms with E-state index in [1.165, 1.54) is 17.5 Å². The third kappa shape index (κ3) is 2.53. The van der Waals surface area contributed by atoms with Crippen molar-refractivity contribution in [2.45, 2.75) is 19.4 Å². The summed E-state index contributed by atoms with van der Waals surface area (Å²) in [5, 5.41) is 4.61. The molecule has 0 aliphatic carbocycles. The highest BCUT2D eigenvalue weighted by Crippen LogP contribution is 2.31. The van der Waals surface area contributed by atoms with Crippen LogP contribution in [0.1, 0.15) is 18.9 Å². The molecular weight excluding hydrogens is 282 g/mol. The van der Waals surface area contributed by atoms with E-state index in [1.807, 2.05) is 0 Å². The van der Waals surface area contributed by atoms with Crippen molar-refractivity contribution < 1.29 is 17.6 Å². The lowest BCUT2D eigenvalue weighted by Gasteiger charge is -2.25. The highest BCUT2D eigenvalue weighted by Gasteiger charge is 2.29. The molecule has 0 amide bonds. The van der Waals surface area contributed by atoms with Gasteiger partial charge in [-0.05, 0) is 13.8 Å². The zero-order valence-corrected chi connectivity index (χ0v) is 10.8. The van der Waals surface area contributed by atoms with Gasteiger partial charge >= 0.3 is 0 Å². The van der Waals surface area contributed by atoms with Crippen LogP contribution in [-0.2, 0) is 5.54 Å². The number of pyridine rings is 1. The van der Waals surface area contributed by atoms with Gasteiger partial charge in [0.05, 0.1) is 5.54 Å². The van der Waals surface area contributed by atoms with Crippen LogP contribution in [0.15, 0.2) is 11.6 Å². The van der Waals surface area contributed by atoms with Crippen LogP contribution in [-0.4, -0.2) is 9.97 Å². The molecule has 2 heterocycles.